The SMILES string of the molecule is CN1CCN(c2ccccc2CNC(=O)NC[C@@H]2CCC[C@H]2O)CC1. The van der Waals surface area contributed by atoms with E-state index in [4.69, 9.17) is 0 Å². The van der Waals surface area contributed by atoms with Crippen molar-refractivity contribution in [1.29, 1.82) is 0 Å². The molecule has 2 atom stereocenters. The van der Waals surface area contributed by atoms with Gasteiger partial charge in [0.1, 0.15) is 0 Å². The van der Waals surface area contributed by atoms with Crippen molar-refractivity contribution in [2.75, 3.05) is 44.7 Å². The zero-order valence-corrected chi connectivity index (χ0v) is 15.1. The Morgan fingerprint density at radius 2 is 1.92 bits per heavy atom. The largest absolute Gasteiger partial charge is 0.393 e. The molecule has 1 aliphatic carbocycles. The second kappa shape index (κ2) is 8.54. The van der Waals surface area contributed by atoms with Gasteiger partial charge in [-0.25, -0.2) is 4.79 Å². The number of aliphatic hydroxyl groups excluding tert-OH is 1. The lowest BCUT2D eigenvalue weighted by atomic mass is 10.1. The minimum absolute atomic E-state index is 0.160. The number of anilines is 1. The van der Waals surface area contributed by atoms with Crippen LogP contribution in [0.1, 0.15) is 24.8 Å². The number of hydrogen-bond donors (Lipinski definition) is 3. The van der Waals surface area contributed by atoms with Gasteiger partial charge in [-0.2, -0.15) is 0 Å². The molecule has 2 fully saturated rings. The van der Waals surface area contributed by atoms with Crippen molar-refractivity contribution in [3.05, 3.63) is 29.8 Å². The van der Waals surface area contributed by atoms with Crippen LogP contribution in [0.2, 0.25) is 0 Å². The Morgan fingerprint density at radius 3 is 2.64 bits per heavy atom. The van der Waals surface area contributed by atoms with Crippen molar-refractivity contribution in [3.8, 4) is 0 Å². The van der Waals surface area contributed by atoms with Gasteiger partial charge in [-0.1, -0.05) is 24.6 Å². The highest BCUT2D eigenvalue weighted by Gasteiger charge is 2.25. The molecule has 0 unspecified atom stereocenters. The highest BCUT2D eigenvalue weighted by atomic mass is 16.3. The summed E-state index contributed by atoms with van der Waals surface area (Å²) in [7, 11) is 2.15. The zero-order valence-electron chi connectivity index (χ0n) is 15.1. The van der Waals surface area contributed by atoms with Gasteiger partial charge in [-0.15, -0.1) is 0 Å². The Hall–Kier alpha value is -1.79. The molecular weight excluding hydrogens is 316 g/mol. The minimum Gasteiger partial charge on any atom is -0.393 e. The van der Waals surface area contributed by atoms with Crippen LogP contribution in [0.25, 0.3) is 0 Å². The highest BCUT2D eigenvalue weighted by Crippen LogP contribution is 2.24. The van der Waals surface area contributed by atoms with E-state index in [2.05, 4.69) is 45.7 Å². The number of benzene rings is 1. The minimum atomic E-state index is -0.266. The first-order valence-corrected chi connectivity index (χ1v) is 9.34. The van der Waals surface area contributed by atoms with Crippen molar-refractivity contribution in [2.24, 2.45) is 5.92 Å². The molecular formula is C19H30N4O2. The summed E-state index contributed by atoms with van der Waals surface area (Å²) in [5.41, 5.74) is 2.35. The van der Waals surface area contributed by atoms with E-state index in [0.717, 1.165) is 51.0 Å². The predicted octanol–water partition coefficient (Wildman–Crippen LogP) is 1.40. The molecule has 1 aromatic rings. The third-order valence-corrected chi connectivity index (χ3v) is 5.42. The number of para-hydroxylation sites is 1. The molecule has 2 amide bonds. The number of piperazine rings is 1. The second-order valence-corrected chi connectivity index (χ2v) is 7.24. The number of amides is 2. The quantitative estimate of drug-likeness (QED) is 0.754. The fraction of sp³-hybridized carbons (Fsp3) is 0.632. The number of nitrogens with zero attached hydrogens (tertiary/aromatic N) is 2. The van der Waals surface area contributed by atoms with Gasteiger partial charge in [-0.3, -0.25) is 0 Å². The number of likely N-dealkylation sites (N-methyl/N-ethyl adjacent to an activating group) is 1. The lowest BCUT2D eigenvalue weighted by molar-refractivity contribution is 0.132. The predicted molar refractivity (Wildman–Crippen MR) is 99.7 cm³/mol. The van der Waals surface area contributed by atoms with E-state index < -0.39 is 0 Å². The number of hydrogen-bond acceptors (Lipinski definition) is 4. The third kappa shape index (κ3) is 4.86. The zero-order chi connectivity index (χ0) is 17.6. The summed E-state index contributed by atoms with van der Waals surface area (Å²) in [5, 5.41) is 15.7. The summed E-state index contributed by atoms with van der Waals surface area (Å²) < 4.78 is 0. The molecule has 1 heterocycles. The van der Waals surface area contributed by atoms with Gasteiger partial charge in [0.15, 0.2) is 0 Å². The van der Waals surface area contributed by atoms with Gasteiger partial charge in [0, 0.05) is 50.9 Å². The average molecular weight is 346 g/mol. The maximum Gasteiger partial charge on any atom is 0.315 e. The molecule has 0 spiro atoms. The Labute approximate surface area is 150 Å². The van der Waals surface area contributed by atoms with Gasteiger partial charge in [0.05, 0.1) is 6.10 Å². The molecule has 1 aliphatic heterocycles. The number of carbonyl (C=O) groups is 1. The highest BCUT2D eigenvalue weighted by molar-refractivity contribution is 5.74. The lowest BCUT2D eigenvalue weighted by Gasteiger charge is -2.35. The molecule has 3 rings (SSSR count). The van der Waals surface area contributed by atoms with Gasteiger partial charge < -0.3 is 25.5 Å². The van der Waals surface area contributed by atoms with E-state index in [1.807, 2.05) is 6.07 Å². The van der Waals surface area contributed by atoms with Crippen molar-refractivity contribution in [1.82, 2.24) is 15.5 Å². The van der Waals surface area contributed by atoms with Crippen LogP contribution in [0.3, 0.4) is 0 Å². The first-order chi connectivity index (χ1) is 12.1. The van der Waals surface area contributed by atoms with E-state index in [1.54, 1.807) is 0 Å². The van der Waals surface area contributed by atoms with Crippen molar-refractivity contribution in [3.63, 3.8) is 0 Å². The molecule has 0 radical (unpaired) electrons. The van der Waals surface area contributed by atoms with Crippen molar-refractivity contribution < 1.29 is 9.90 Å². The molecule has 0 bridgehead atoms. The smallest absolute Gasteiger partial charge is 0.315 e. The number of urea groups is 1. The van der Waals surface area contributed by atoms with Crippen LogP contribution >= 0.6 is 0 Å². The number of aliphatic hydroxyl groups is 1. The Morgan fingerprint density at radius 1 is 1.16 bits per heavy atom. The molecule has 1 saturated heterocycles. The Balaban J connectivity index is 1.50. The summed E-state index contributed by atoms with van der Waals surface area (Å²) in [4.78, 5) is 16.8. The van der Waals surface area contributed by atoms with Crippen LogP contribution in [0.4, 0.5) is 10.5 Å². The summed E-state index contributed by atoms with van der Waals surface area (Å²) in [6, 6.07) is 8.12. The lowest BCUT2D eigenvalue weighted by Crippen LogP contribution is -2.45. The normalized spacial score (nSPS) is 24.3. The maximum atomic E-state index is 12.1. The fourth-order valence-electron chi connectivity index (χ4n) is 3.73. The van der Waals surface area contributed by atoms with E-state index >= 15 is 0 Å². The number of rotatable bonds is 5. The van der Waals surface area contributed by atoms with Gasteiger partial charge in [-0.05, 0) is 31.5 Å². The molecule has 1 aromatic carbocycles. The van der Waals surface area contributed by atoms with E-state index in [0.29, 0.717) is 13.1 Å². The Kier molecular flexibility index (Phi) is 6.15. The van der Waals surface area contributed by atoms with Gasteiger partial charge in [0.2, 0.25) is 0 Å². The van der Waals surface area contributed by atoms with Crippen molar-refractivity contribution in [2.45, 2.75) is 31.9 Å². The molecule has 6 heteroatoms. The summed E-state index contributed by atoms with van der Waals surface area (Å²) in [6.07, 6.45) is 2.63. The summed E-state index contributed by atoms with van der Waals surface area (Å²) >= 11 is 0. The van der Waals surface area contributed by atoms with Crippen molar-refractivity contribution >= 4 is 11.7 Å². The monoisotopic (exact) mass is 346 g/mol. The standard InChI is InChI=1S/C19H30N4O2/c1-22-9-11-23(12-10-22)17-7-3-2-5-15(17)13-20-19(25)21-14-16-6-4-8-18(16)24/h2-3,5,7,16,18,24H,4,6,8-14H2,1H3,(H2,20,21,25)/t16-,18+/m0/s1. The third-order valence-electron chi connectivity index (χ3n) is 5.42. The first kappa shape index (κ1) is 18.0. The molecule has 0 aromatic heterocycles. The molecule has 138 valence electrons. The molecule has 3 N–H and O–H groups in total. The number of nitrogens with one attached hydrogen (secondary N) is 2. The van der Waals surface area contributed by atoms with Crippen LogP contribution in [0.5, 0.6) is 0 Å². The van der Waals surface area contributed by atoms with Crippen LogP contribution < -0.4 is 15.5 Å². The van der Waals surface area contributed by atoms with Crippen LogP contribution in [0, 0.1) is 5.92 Å². The van der Waals surface area contributed by atoms with Gasteiger partial charge in [0.25, 0.3) is 0 Å². The van der Waals surface area contributed by atoms with E-state index in [1.165, 1.54) is 5.69 Å². The molecule has 2 aliphatic rings. The topological polar surface area (TPSA) is 67.8 Å². The second-order valence-electron chi connectivity index (χ2n) is 7.24. The number of carbonyl (C=O) groups excluding carboxylic acids is 1. The summed E-state index contributed by atoms with van der Waals surface area (Å²) in [6.45, 7) is 5.21. The fourth-order valence-corrected chi connectivity index (χ4v) is 3.73. The molecule has 25 heavy (non-hydrogen) atoms. The maximum absolute atomic E-state index is 12.1. The molecule has 6 nitrogen and oxygen atoms in total. The average Bonchev–Trinajstić information content (AvgIpc) is 3.04. The van der Waals surface area contributed by atoms with Gasteiger partial charge >= 0.3 is 6.03 Å². The Bertz CT molecular complexity index is 572. The molecule has 1 saturated carbocycles. The van der Waals surface area contributed by atoms with Crippen LogP contribution in [0.15, 0.2) is 24.3 Å². The summed E-state index contributed by atoms with van der Waals surface area (Å²) in [5.74, 6) is 0.198. The first-order valence-electron chi connectivity index (χ1n) is 9.34. The van der Waals surface area contributed by atoms with E-state index in [9.17, 15) is 9.90 Å². The van der Waals surface area contributed by atoms with Crippen LogP contribution in [-0.4, -0.2) is 61.9 Å². The van der Waals surface area contributed by atoms with Crippen LogP contribution in [-0.2, 0) is 6.54 Å². The van der Waals surface area contributed by atoms with E-state index in [-0.39, 0.29) is 18.1 Å².